The van der Waals surface area contributed by atoms with Gasteiger partial charge in [-0.3, -0.25) is 4.79 Å². The number of methoxy groups -OCH3 is 1. The molecule has 0 spiro atoms. The molecule has 0 saturated carbocycles. The van der Waals surface area contributed by atoms with Crippen LogP contribution in [0.4, 0.5) is 4.39 Å². The molecule has 1 fully saturated rings. The average Bonchev–Trinajstić information content (AvgIpc) is 2.38. The third-order valence-electron chi connectivity index (χ3n) is 3.20. The molecule has 1 aliphatic rings. The number of halogens is 1. The maximum Gasteiger partial charge on any atom is 0.310 e. The third kappa shape index (κ3) is 2.47. The van der Waals surface area contributed by atoms with Gasteiger partial charge in [0.1, 0.15) is 5.82 Å². The summed E-state index contributed by atoms with van der Waals surface area (Å²) < 4.78 is 18.5. The summed E-state index contributed by atoms with van der Waals surface area (Å²) in [6.07, 6.45) is 1.64. The van der Waals surface area contributed by atoms with Crippen LogP contribution in [0.15, 0.2) is 24.3 Å². The fourth-order valence-electron chi connectivity index (χ4n) is 2.35. The first kappa shape index (κ1) is 12.0. The molecule has 1 aromatic rings. The van der Waals surface area contributed by atoms with Crippen LogP contribution in [0.1, 0.15) is 24.4 Å². The summed E-state index contributed by atoms with van der Waals surface area (Å²) in [6.45, 7) is 0.798. The zero-order chi connectivity index (χ0) is 12.3. The molecule has 0 bridgehead atoms. The van der Waals surface area contributed by atoms with Crippen molar-refractivity contribution in [1.29, 1.82) is 0 Å². The SMILES string of the molecule is COC(=O)C1CCCNC1c1ccccc1F. The smallest absolute Gasteiger partial charge is 0.310 e. The number of rotatable bonds is 2. The van der Waals surface area contributed by atoms with E-state index in [1.54, 1.807) is 18.2 Å². The van der Waals surface area contributed by atoms with Crippen LogP contribution in [0.2, 0.25) is 0 Å². The largest absolute Gasteiger partial charge is 0.469 e. The molecule has 1 N–H and O–H groups in total. The van der Waals surface area contributed by atoms with E-state index in [1.165, 1.54) is 13.2 Å². The molecule has 92 valence electrons. The Morgan fingerprint density at radius 2 is 2.24 bits per heavy atom. The van der Waals surface area contributed by atoms with Crippen LogP contribution < -0.4 is 5.32 Å². The predicted octanol–water partition coefficient (Wildman–Crippen LogP) is 2.04. The number of carbonyl (C=O) groups is 1. The maximum atomic E-state index is 13.7. The molecule has 1 aliphatic heterocycles. The van der Waals surface area contributed by atoms with Crippen molar-refractivity contribution < 1.29 is 13.9 Å². The van der Waals surface area contributed by atoms with E-state index in [4.69, 9.17) is 4.74 Å². The molecule has 1 saturated heterocycles. The van der Waals surface area contributed by atoms with Gasteiger partial charge >= 0.3 is 5.97 Å². The Bertz CT molecular complexity index is 408. The molecular formula is C13H16FNO2. The monoisotopic (exact) mass is 237 g/mol. The lowest BCUT2D eigenvalue weighted by Gasteiger charge is -2.31. The van der Waals surface area contributed by atoms with Gasteiger partial charge in [-0.05, 0) is 25.5 Å². The van der Waals surface area contributed by atoms with Crippen molar-refractivity contribution in [2.45, 2.75) is 18.9 Å². The summed E-state index contributed by atoms with van der Waals surface area (Å²) in [5.74, 6) is -0.850. The van der Waals surface area contributed by atoms with Crippen LogP contribution in [0.3, 0.4) is 0 Å². The van der Waals surface area contributed by atoms with Gasteiger partial charge in [0.2, 0.25) is 0 Å². The summed E-state index contributed by atoms with van der Waals surface area (Å²) >= 11 is 0. The predicted molar refractivity (Wildman–Crippen MR) is 61.9 cm³/mol. The molecule has 2 atom stereocenters. The zero-order valence-electron chi connectivity index (χ0n) is 9.78. The van der Waals surface area contributed by atoms with Crippen LogP contribution >= 0.6 is 0 Å². The van der Waals surface area contributed by atoms with E-state index in [1.807, 2.05) is 0 Å². The van der Waals surface area contributed by atoms with Crippen molar-refractivity contribution >= 4 is 5.97 Å². The van der Waals surface area contributed by atoms with E-state index >= 15 is 0 Å². The van der Waals surface area contributed by atoms with E-state index in [-0.39, 0.29) is 23.7 Å². The molecule has 0 aromatic heterocycles. The highest BCUT2D eigenvalue weighted by Gasteiger charge is 2.33. The maximum absolute atomic E-state index is 13.7. The van der Waals surface area contributed by atoms with Crippen LogP contribution in [0.5, 0.6) is 0 Å². The van der Waals surface area contributed by atoms with Crippen molar-refractivity contribution in [3.8, 4) is 0 Å². The summed E-state index contributed by atoms with van der Waals surface area (Å²) in [5.41, 5.74) is 0.544. The van der Waals surface area contributed by atoms with E-state index in [9.17, 15) is 9.18 Å². The van der Waals surface area contributed by atoms with Gasteiger partial charge in [-0.15, -0.1) is 0 Å². The van der Waals surface area contributed by atoms with Crippen molar-refractivity contribution in [1.82, 2.24) is 5.32 Å². The van der Waals surface area contributed by atoms with Gasteiger partial charge in [0.05, 0.1) is 13.0 Å². The van der Waals surface area contributed by atoms with E-state index < -0.39 is 0 Å². The molecule has 0 radical (unpaired) electrons. The minimum atomic E-state index is -0.300. The Kier molecular flexibility index (Phi) is 3.74. The second-order valence-electron chi connectivity index (χ2n) is 4.23. The van der Waals surface area contributed by atoms with Gasteiger partial charge in [0.15, 0.2) is 0 Å². The molecule has 4 heteroatoms. The number of hydrogen-bond acceptors (Lipinski definition) is 3. The van der Waals surface area contributed by atoms with Crippen LogP contribution in [0, 0.1) is 11.7 Å². The fraction of sp³-hybridized carbons (Fsp3) is 0.462. The second-order valence-corrected chi connectivity index (χ2v) is 4.23. The molecular weight excluding hydrogens is 221 g/mol. The van der Waals surface area contributed by atoms with E-state index in [0.717, 1.165) is 19.4 Å². The van der Waals surface area contributed by atoms with Crippen molar-refractivity contribution in [2.75, 3.05) is 13.7 Å². The highest BCUT2D eigenvalue weighted by Crippen LogP contribution is 2.31. The van der Waals surface area contributed by atoms with Gasteiger partial charge in [0.25, 0.3) is 0 Å². The highest BCUT2D eigenvalue weighted by atomic mass is 19.1. The van der Waals surface area contributed by atoms with Crippen molar-refractivity contribution in [2.24, 2.45) is 5.92 Å². The Morgan fingerprint density at radius 1 is 1.47 bits per heavy atom. The van der Waals surface area contributed by atoms with Gasteiger partial charge in [0, 0.05) is 11.6 Å². The Morgan fingerprint density at radius 3 is 2.94 bits per heavy atom. The summed E-state index contributed by atoms with van der Waals surface area (Å²) in [7, 11) is 1.37. The lowest BCUT2D eigenvalue weighted by Crippen LogP contribution is -2.39. The van der Waals surface area contributed by atoms with Gasteiger partial charge in [-0.1, -0.05) is 18.2 Å². The summed E-state index contributed by atoms with van der Waals surface area (Å²) in [4.78, 5) is 11.7. The molecule has 1 aromatic carbocycles. The number of esters is 1. The van der Waals surface area contributed by atoms with Crippen LogP contribution in [0.25, 0.3) is 0 Å². The van der Waals surface area contributed by atoms with Crippen LogP contribution in [-0.4, -0.2) is 19.6 Å². The standard InChI is InChI=1S/C13H16FNO2/c1-17-13(16)10-6-4-8-15-12(10)9-5-2-3-7-11(9)14/h2-3,5,7,10,12,15H,4,6,8H2,1H3. The number of ether oxygens (including phenoxy) is 1. The van der Waals surface area contributed by atoms with E-state index in [2.05, 4.69) is 5.32 Å². The number of hydrogen-bond donors (Lipinski definition) is 1. The van der Waals surface area contributed by atoms with Crippen LogP contribution in [-0.2, 0) is 9.53 Å². The van der Waals surface area contributed by atoms with Crippen molar-refractivity contribution in [3.63, 3.8) is 0 Å². The van der Waals surface area contributed by atoms with Gasteiger partial charge in [-0.2, -0.15) is 0 Å². The topological polar surface area (TPSA) is 38.3 Å². The number of nitrogens with one attached hydrogen (secondary N) is 1. The minimum Gasteiger partial charge on any atom is -0.469 e. The minimum absolute atomic E-state index is 0.273. The highest BCUT2D eigenvalue weighted by molar-refractivity contribution is 5.73. The molecule has 1 heterocycles. The lowest BCUT2D eigenvalue weighted by atomic mass is 9.86. The molecule has 17 heavy (non-hydrogen) atoms. The Hall–Kier alpha value is -1.42. The van der Waals surface area contributed by atoms with E-state index in [0.29, 0.717) is 5.56 Å². The molecule has 0 amide bonds. The van der Waals surface area contributed by atoms with Gasteiger partial charge in [-0.25, -0.2) is 4.39 Å². The molecule has 2 unspecified atom stereocenters. The summed E-state index contributed by atoms with van der Waals surface area (Å²) in [5, 5.41) is 3.20. The zero-order valence-corrected chi connectivity index (χ0v) is 9.78. The first-order valence-electron chi connectivity index (χ1n) is 5.79. The molecule has 0 aliphatic carbocycles. The molecule has 2 rings (SSSR count). The molecule has 3 nitrogen and oxygen atoms in total. The first-order valence-corrected chi connectivity index (χ1v) is 5.79. The fourth-order valence-corrected chi connectivity index (χ4v) is 2.35. The number of carbonyl (C=O) groups excluding carboxylic acids is 1. The average molecular weight is 237 g/mol. The second kappa shape index (κ2) is 5.27. The number of piperidine rings is 1. The normalized spacial score (nSPS) is 24.4. The Balaban J connectivity index is 2.28. The Labute approximate surface area is 100.0 Å². The first-order chi connectivity index (χ1) is 8.24. The quantitative estimate of drug-likeness (QED) is 0.800. The van der Waals surface area contributed by atoms with Crippen molar-refractivity contribution in [3.05, 3.63) is 35.6 Å². The third-order valence-corrected chi connectivity index (χ3v) is 3.20. The lowest BCUT2D eigenvalue weighted by molar-refractivity contribution is -0.147. The van der Waals surface area contributed by atoms with Gasteiger partial charge < -0.3 is 10.1 Å². The number of benzene rings is 1. The summed E-state index contributed by atoms with van der Waals surface area (Å²) in [6, 6.07) is 6.28.